The van der Waals surface area contributed by atoms with E-state index in [9.17, 15) is 9.59 Å². The van der Waals surface area contributed by atoms with Gasteiger partial charge in [0.05, 0.1) is 0 Å². The topological polar surface area (TPSA) is 173 Å². The van der Waals surface area contributed by atoms with Crippen molar-refractivity contribution >= 4 is 23.9 Å². The van der Waals surface area contributed by atoms with Crippen molar-refractivity contribution in [1.29, 1.82) is 0 Å². The van der Waals surface area contributed by atoms with Gasteiger partial charge in [-0.1, -0.05) is 25.7 Å². The molecule has 2 aliphatic rings. The molecular formula is C15H23NO8Pt. The second kappa shape index (κ2) is 12.0. The molecule has 0 unspecified atom stereocenters. The number of carboxylic acid groups (broad SMARTS) is 4. The Balaban J connectivity index is 0. The van der Waals surface area contributed by atoms with Crippen molar-refractivity contribution < 1.29 is 60.7 Å². The Bertz CT molecular complexity index is 440. The molecule has 2 aliphatic carbocycles. The maximum absolute atomic E-state index is 10.4. The molecule has 2 rings (SSSR count). The predicted octanol–water partition coefficient (Wildman–Crippen LogP) is 1.91. The van der Waals surface area contributed by atoms with Crippen LogP contribution in [-0.4, -0.2) is 50.3 Å². The molecule has 0 aromatic carbocycles. The van der Waals surface area contributed by atoms with Crippen LogP contribution in [0.2, 0.25) is 0 Å². The molecule has 5 N–H and O–H groups in total. The maximum Gasteiger partial charge on any atom is 2.00 e. The Labute approximate surface area is 159 Å². The third kappa shape index (κ3) is 8.45. The van der Waals surface area contributed by atoms with Crippen LogP contribution in [0.1, 0.15) is 44.9 Å². The third-order valence-electron chi connectivity index (χ3n) is 4.12. The zero-order valence-corrected chi connectivity index (χ0v) is 15.8. The molecule has 0 heterocycles. The average Bonchev–Trinajstić information content (AvgIpc) is 2.41. The van der Waals surface area contributed by atoms with Crippen molar-refractivity contribution in [1.82, 2.24) is 0 Å². The molecule has 146 valence electrons. The number of aliphatic carboxylic acids is 4. The standard InChI is InChI=1S/C7H13N.C6H8O4.C2H2O4.Pt/c1-6-4-2-3-5-7(6)8;7-4(8)6(5(9)10)2-1-3-6;3-1(4)2(5)6;/h6-8H,1-5H2;1-3H2,(H,7,8)(H,9,10);(H,3,4)(H,5,6);/q-2;;;+2/t6-,7-;;;/m1.../s1. The summed E-state index contributed by atoms with van der Waals surface area (Å²) in [4.78, 5) is 38.9. The van der Waals surface area contributed by atoms with Crippen LogP contribution in [0.15, 0.2) is 0 Å². The van der Waals surface area contributed by atoms with Crippen LogP contribution >= 0.6 is 0 Å². The van der Waals surface area contributed by atoms with Crippen LogP contribution in [0.3, 0.4) is 0 Å². The Morgan fingerprint density at radius 1 is 0.840 bits per heavy atom. The van der Waals surface area contributed by atoms with Gasteiger partial charge in [0.15, 0.2) is 5.41 Å². The van der Waals surface area contributed by atoms with Crippen LogP contribution in [0.4, 0.5) is 0 Å². The summed E-state index contributed by atoms with van der Waals surface area (Å²) in [6.45, 7) is 3.89. The summed E-state index contributed by atoms with van der Waals surface area (Å²) < 4.78 is 0. The first-order valence-corrected chi connectivity index (χ1v) is 7.51. The van der Waals surface area contributed by atoms with Gasteiger partial charge < -0.3 is 33.1 Å². The van der Waals surface area contributed by atoms with Crippen LogP contribution in [0.5, 0.6) is 0 Å². The second-order valence-corrected chi connectivity index (χ2v) is 5.81. The molecule has 10 heteroatoms. The Morgan fingerprint density at radius 3 is 1.36 bits per heavy atom. The van der Waals surface area contributed by atoms with Crippen molar-refractivity contribution in [2.45, 2.75) is 51.0 Å². The molecule has 0 saturated heterocycles. The van der Waals surface area contributed by atoms with E-state index in [-0.39, 0.29) is 39.9 Å². The summed E-state index contributed by atoms with van der Waals surface area (Å²) in [5, 5.41) is 31.7. The quantitative estimate of drug-likeness (QED) is 0.234. The van der Waals surface area contributed by atoms with Gasteiger partial charge in [0.1, 0.15) is 0 Å². The number of hydrogen-bond donors (Lipinski definition) is 4. The summed E-state index contributed by atoms with van der Waals surface area (Å²) in [6, 6.07) is 0.142. The van der Waals surface area contributed by atoms with E-state index in [0.717, 1.165) is 6.42 Å². The fourth-order valence-corrected chi connectivity index (χ4v) is 2.26. The fourth-order valence-electron chi connectivity index (χ4n) is 2.26. The van der Waals surface area contributed by atoms with Crippen molar-refractivity contribution in [2.24, 2.45) is 11.3 Å². The second-order valence-electron chi connectivity index (χ2n) is 5.81. The number of nitrogens with one attached hydrogen (secondary N) is 1. The van der Waals surface area contributed by atoms with Crippen molar-refractivity contribution in [3.05, 3.63) is 12.7 Å². The van der Waals surface area contributed by atoms with E-state index in [1.54, 1.807) is 0 Å². The van der Waals surface area contributed by atoms with Crippen LogP contribution < -0.4 is 0 Å². The minimum atomic E-state index is -1.82. The molecule has 0 aromatic rings. The van der Waals surface area contributed by atoms with E-state index in [1.807, 2.05) is 0 Å². The molecule has 2 saturated carbocycles. The first-order valence-electron chi connectivity index (χ1n) is 7.51. The molecule has 0 aliphatic heterocycles. The van der Waals surface area contributed by atoms with E-state index in [4.69, 9.17) is 35.7 Å². The summed E-state index contributed by atoms with van der Waals surface area (Å²) >= 11 is 0. The van der Waals surface area contributed by atoms with Crippen LogP contribution in [0.25, 0.3) is 5.73 Å². The van der Waals surface area contributed by atoms with E-state index in [0.29, 0.717) is 12.3 Å². The largest absolute Gasteiger partial charge is 2.00 e. The number of carboxylic acids is 4. The fraction of sp³-hybridized carbons (Fsp3) is 0.667. The molecule has 0 aromatic heterocycles. The summed E-state index contributed by atoms with van der Waals surface area (Å²) in [5.74, 6) is -5.63. The van der Waals surface area contributed by atoms with Crippen molar-refractivity contribution in [3.63, 3.8) is 0 Å². The maximum atomic E-state index is 10.4. The van der Waals surface area contributed by atoms with Gasteiger partial charge in [-0.25, -0.2) is 9.59 Å². The average molecular weight is 540 g/mol. The van der Waals surface area contributed by atoms with Gasteiger partial charge in [0.2, 0.25) is 0 Å². The Morgan fingerprint density at radius 2 is 1.24 bits per heavy atom. The molecule has 0 radical (unpaired) electrons. The Kier molecular flexibility index (Phi) is 12.3. The normalized spacial score (nSPS) is 23.0. The smallest absolute Gasteiger partial charge is 0.677 e. The molecule has 2 atom stereocenters. The number of carbonyl (C=O) groups is 4. The van der Waals surface area contributed by atoms with E-state index in [2.05, 4.69) is 6.92 Å². The van der Waals surface area contributed by atoms with E-state index >= 15 is 0 Å². The van der Waals surface area contributed by atoms with Gasteiger partial charge in [-0.05, 0) is 19.3 Å². The first kappa shape index (κ1) is 25.8. The SMILES string of the molecule is O=C(O)C(=O)O.O=C(O)C1(C(=O)O)CCC1.[CH2-][C@@H]1CCCC[C@H]1[NH-].[Pt+2]. The molecule has 0 spiro atoms. The van der Waals surface area contributed by atoms with Crippen LogP contribution in [-0.2, 0) is 40.2 Å². The van der Waals surface area contributed by atoms with Gasteiger partial charge in [0, 0.05) is 0 Å². The molecular weight excluding hydrogens is 517 g/mol. The number of rotatable bonds is 2. The zero-order chi connectivity index (χ0) is 18.9. The molecule has 2 fully saturated rings. The van der Waals surface area contributed by atoms with E-state index < -0.39 is 29.3 Å². The minimum Gasteiger partial charge on any atom is -0.677 e. The summed E-state index contributed by atoms with van der Waals surface area (Å²) in [7, 11) is 0. The van der Waals surface area contributed by atoms with Gasteiger partial charge >= 0.3 is 44.9 Å². The summed E-state index contributed by atoms with van der Waals surface area (Å²) in [6.07, 6.45) is 6.06. The van der Waals surface area contributed by atoms with Gasteiger partial charge in [-0.2, -0.15) is 12.0 Å². The van der Waals surface area contributed by atoms with Crippen molar-refractivity contribution in [2.75, 3.05) is 0 Å². The molecule has 9 nitrogen and oxygen atoms in total. The summed E-state index contributed by atoms with van der Waals surface area (Å²) in [5.41, 5.74) is 5.97. The minimum absolute atomic E-state index is 0. The van der Waals surface area contributed by atoms with E-state index in [1.165, 1.54) is 19.3 Å². The molecule has 0 bridgehead atoms. The zero-order valence-electron chi connectivity index (χ0n) is 13.5. The Hall–Kier alpha value is -1.47. The van der Waals surface area contributed by atoms with Gasteiger partial charge in [0.25, 0.3) is 0 Å². The monoisotopic (exact) mass is 540 g/mol. The molecule has 0 amide bonds. The predicted molar refractivity (Wildman–Crippen MR) is 82.3 cm³/mol. The first-order chi connectivity index (χ1) is 11.0. The van der Waals surface area contributed by atoms with Gasteiger partial charge in [-0.3, -0.25) is 9.59 Å². The van der Waals surface area contributed by atoms with Crippen LogP contribution in [0, 0.1) is 18.3 Å². The van der Waals surface area contributed by atoms with Crippen molar-refractivity contribution in [3.8, 4) is 0 Å². The number of hydrogen-bond acceptors (Lipinski definition) is 4. The molecule has 25 heavy (non-hydrogen) atoms. The van der Waals surface area contributed by atoms with Gasteiger partial charge in [-0.15, -0.1) is 0 Å². The third-order valence-corrected chi connectivity index (χ3v) is 4.12.